The topological polar surface area (TPSA) is 46.1 Å². The van der Waals surface area contributed by atoms with E-state index in [1.54, 1.807) is 0 Å². The van der Waals surface area contributed by atoms with Crippen molar-refractivity contribution in [3.05, 3.63) is 23.8 Å². The quantitative estimate of drug-likeness (QED) is 0.399. The summed E-state index contributed by atoms with van der Waals surface area (Å²) in [6, 6.07) is 6.23. The molecule has 1 aliphatic rings. The maximum absolute atomic E-state index is 5.71. The van der Waals surface area contributed by atoms with E-state index in [1.807, 2.05) is 13.1 Å². The van der Waals surface area contributed by atoms with Crippen LogP contribution in [0.1, 0.15) is 39.2 Å². The summed E-state index contributed by atoms with van der Waals surface area (Å²) in [5.74, 6) is 2.62. The third-order valence-electron chi connectivity index (χ3n) is 4.43. The third kappa shape index (κ3) is 5.94. The lowest BCUT2D eigenvalue weighted by Gasteiger charge is -2.30. The van der Waals surface area contributed by atoms with Crippen molar-refractivity contribution in [1.29, 1.82) is 0 Å². The molecule has 0 aromatic heterocycles. The van der Waals surface area contributed by atoms with E-state index < -0.39 is 0 Å². The zero-order chi connectivity index (χ0) is 17.6. The van der Waals surface area contributed by atoms with Gasteiger partial charge in [-0.05, 0) is 24.1 Å². The molecule has 1 N–H and O–H groups in total. The number of nitrogens with zero attached hydrogens (tertiary/aromatic N) is 2. The molecule has 0 saturated carbocycles. The van der Waals surface area contributed by atoms with Gasteiger partial charge in [-0.1, -0.05) is 33.3 Å². The number of hydrogen-bond donors (Lipinski definition) is 1. The first kappa shape index (κ1) is 21.9. The number of fused-ring (bicyclic) bond motifs is 1. The minimum atomic E-state index is -0.0443. The molecule has 0 fully saturated rings. The van der Waals surface area contributed by atoms with Crippen molar-refractivity contribution in [3.63, 3.8) is 0 Å². The van der Waals surface area contributed by atoms with Gasteiger partial charge in [-0.25, -0.2) is 0 Å². The molecule has 2 rings (SSSR count). The summed E-state index contributed by atoms with van der Waals surface area (Å²) in [6.07, 6.45) is 2.35. The van der Waals surface area contributed by atoms with Crippen molar-refractivity contribution in [2.75, 3.05) is 40.4 Å². The highest BCUT2D eigenvalue weighted by atomic mass is 127. The zero-order valence-electron chi connectivity index (χ0n) is 16.1. The van der Waals surface area contributed by atoms with Crippen LogP contribution in [0.3, 0.4) is 0 Å². The van der Waals surface area contributed by atoms with Crippen LogP contribution in [0.25, 0.3) is 0 Å². The summed E-state index contributed by atoms with van der Waals surface area (Å²) < 4.78 is 11.3. The van der Waals surface area contributed by atoms with Crippen LogP contribution in [-0.4, -0.2) is 51.3 Å². The number of nitrogens with one attached hydrogen (secondary N) is 1. The number of hydrogen-bond acceptors (Lipinski definition) is 3. The number of unbranched alkanes of at least 4 members (excludes halogenated alkanes) is 1. The van der Waals surface area contributed by atoms with Gasteiger partial charge in [-0.2, -0.15) is 0 Å². The molecule has 0 unspecified atom stereocenters. The van der Waals surface area contributed by atoms with Crippen molar-refractivity contribution in [2.24, 2.45) is 4.99 Å². The van der Waals surface area contributed by atoms with Crippen LogP contribution in [-0.2, 0) is 5.41 Å². The Morgan fingerprint density at radius 1 is 1.24 bits per heavy atom. The molecule has 25 heavy (non-hydrogen) atoms. The van der Waals surface area contributed by atoms with Crippen molar-refractivity contribution >= 4 is 29.9 Å². The van der Waals surface area contributed by atoms with Gasteiger partial charge >= 0.3 is 0 Å². The molecule has 5 nitrogen and oxygen atoms in total. The molecule has 0 amide bonds. The zero-order valence-corrected chi connectivity index (χ0v) is 18.4. The van der Waals surface area contributed by atoms with Gasteiger partial charge in [-0.3, -0.25) is 4.99 Å². The highest BCUT2D eigenvalue weighted by Crippen LogP contribution is 2.34. The molecule has 0 aliphatic carbocycles. The van der Waals surface area contributed by atoms with Crippen LogP contribution in [0.4, 0.5) is 0 Å². The van der Waals surface area contributed by atoms with Gasteiger partial charge in [0.25, 0.3) is 0 Å². The number of aliphatic imine (C=N–C) groups is 1. The van der Waals surface area contributed by atoms with E-state index in [9.17, 15) is 0 Å². The van der Waals surface area contributed by atoms with Crippen LogP contribution in [0.15, 0.2) is 23.2 Å². The van der Waals surface area contributed by atoms with Gasteiger partial charge < -0.3 is 19.7 Å². The van der Waals surface area contributed by atoms with Crippen LogP contribution in [0.2, 0.25) is 0 Å². The highest BCUT2D eigenvalue weighted by molar-refractivity contribution is 14.0. The van der Waals surface area contributed by atoms with Crippen molar-refractivity contribution in [3.8, 4) is 11.5 Å². The molecule has 142 valence electrons. The first-order valence-electron chi connectivity index (χ1n) is 8.80. The predicted molar refractivity (Wildman–Crippen MR) is 115 cm³/mol. The summed E-state index contributed by atoms with van der Waals surface area (Å²) in [6.45, 7) is 9.71. The van der Waals surface area contributed by atoms with E-state index in [1.165, 1.54) is 18.4 Å². The van der Waals surface area contributed by atoms with Crippen LogP contribution in [0.5, 0.6) is 11.5 Å². The van der Waals surface area contributed by atoms with Gasteiger partial charge in [-0.15, -0.1) is 24.0 Å². The minimum absolute atomic E-state index is 0. The summed E-state index contributed by atoms with van der Waals surface area (Å²) in [4.78, 5) is 6.58. The normalized spacial score (nSPS) is 13.9. The Hall–Kier alpha value is -1.18. The number of guanidine groups is 1. The second-order valence-corrected chi connectivity index (χ2v) is 6.92. The smallest absolute Gasteiger partial charge is 0.193 e. The lowest BCUT2D eigenvalue weighted by molar-refractivity contribution is 0.171. The molecule has 1 aromatic rings. The summed E-state index contributed by atoms with van der Waals surface area (Å²) in [5.41, 5.74) is 1.18. The SMILES string of the molecule is CCCCN(C)C(=NC)NCC(C)(C)c1ccc2c(c1)OCCO2.I. The lowest BCUT2D eigenvalue weighted by atomic mass is 9.84. The average Bonchev–Trinajstić information content (AvgIpc) is 2.59. The first-order valence-corrected chi connectivity index (χ1v) is 8.80. The molecule has 1 aromatic carbocycles. The second kappa shape index (κ2) is 10.1. The largest absolute Gasteiger partial charge is 0.486 e. The van der Waals surface area contributed by atoms with E-state index in [4.69, 9.17) is 9.47 Å². The Morgan fingerprint density at radius 3 is 2.56 bits per heavy atom. The molecule has 1 aliphatic heterocycles. The standard InChI is InChI=1S/C19H31N3O2.HI/c1-6-7-10-22(5)18(20-4)21-14-19(2,3)15-8-9-16-17(13-15)24-12-11-23-16;/h8-9,13H,6-7,10-12,14H2,1-5H3,(H,20,21);1H. The van der Waals surface area contributed by atoms with Crippen molar-refractivity contribution < 1.29 is 9.47 Å². The second-order valence-electron chi connectivity index (χ2n) is 6.92. The fraction of sp³-hybridized carbons (Fsp3) is 0.632. The van der Waals surface area contributed by atoms with Gasteiger partial charge in [0.05, 0.1) is 0 Å². The average molecular weight is 461 g/mol. The highest BCUT2D eigenvalue weighted by Gasteiger charge is 2.24. The predicted octanol–water partition coefficient (Wildman–Crippen LogP) is 3.66. The summed E-state index contributed by atoms with van der Waals surface area (Å²) in [7, 11) is 3.92. The van der Waals surface area contributed by atoms with Gasteiger partial charge in [0, 0.05) is 32.6 Å². The molecule has 1 heterocycles. The van der Waals surface area contributed by atoms with Gasteiger partial charge in [0.2, 0.25) is 0 Å². The minimum Gasteiger partial charge on any atom is -0.486 e. The number of ether oxygens (including phenoxy) is 2. The van der Waals surface area contributed by atoms with E-state index in [-0.39, 0.29) is 29.4 Å². The third-order valence-corrected chi connectivity index (χ3v) is 4.43. The van der Waals surface area contributed by atoms with Crippen LogP contribution < -0.4 is 14.8 Å². The maximum Gasteiger partial charge on any atom is 0.193 e. The first-order chi connectivity index (χ1) is 11.5. The summed E-state index contributed by atoms with van der Waals surface area (Å²) in [5, 5.41) is 3.50. The molecule has 0 radical (unpaired) electrons. The molecular weight excluding hydrogens is 429 g/mol. The Labute approximate surface area is 169 Å². The van der Waals surface area contributed by atoms with E-state index in [2.05, 4.69) is 55.2 Å². The number of halogens is 1. The van der Waals surface area contributed by atoms with E-state index in [0.717, 1.165) is 30.5 Å². The van der Waals surface area contributed by atoms with Crippen LogP contribution in [0, 0.1) is 0 Å². The van der Waals surface area contributed by atoms with E-state index in [0.29, 0.717) is 13.2 Å². The molecule has 6 heteroatoms. The van der Waals surface area contributed by atoms with Crippen molar-refractivity contribution in [1.82, 2.24) is 10.2 Å². The van der Waals surface area contributed by atoms with Crippen molar-refractivity contribution in [2.45, 2.75) is 39.0 Å². The van der Waals surface area contributed by atoms with E-state index >= 15 is 0 Å². The molecule has 0 atom stereocenters. The molecule has 0 saturated heterocycles. The maximum atomic E-state index is 5.71. The Morgan fingerprint density at radius 2 is 1.92 bits per heavy atom. The summed E-state index contributed by atoms with van der Waals surface area (Å²) >= 11 is 0. The molecule has 0 spiro atoms. The number of rotatable bonds is 6. The Balaban J connectivity index is 0.00000312. The number of benzene rings is 1. The molecule has 0 bridgehead atoms. The lowest BCUT2D eigenvalue weighted by Crippen LogP contribution is -2.44. The Kier molecular flexibility index (Phi) is 8.82. The van der Waals surface area contributed by atoms with Gasteiger partial charge in [0.1, 0.15) is 13.2 Å². The fourth-order valence-corrected chi connectivity index (χ4v) is 2.75. The van der Waals surface area contributed by atoms with Crippen LogP contribution >= 0.6 is 24.0 Å². The monoisotopic (exact) mass is 461 g/mol. The Bertz CT molecular complexity index is 576. The fourth-order valence-electron chi connectivity index (χ4n) is 2.75. The molecular formula is C19H32IN3O2. The van der Waals surface area contributed by atoms with Gasteiger partial charge in [0.15, 0.2) is 17.5 Å².